The molecular formula is C16H23N3O2. The van der Waals surface area contributed by atoms with Gasteiger partial charge >= 0.3 is 0 Å². The third-order valence-electron chi connectivity index (χ3n) is 4.85. The van der Waals surface area contributed by atoms with E-state index in [-0.39, 0.29) is 22.6 Å². The molecule has 2 N–H and O–H groups in total. The second-order valence-electron chi connectivity index (χ2n) is 6.30. The number of amides is 1. The van der Waals surface area contributed by atoms with E-state index in [4.69, 9.17) is 0 Å². The molecular weight excluding hydrogens is 266 g/mol. The Morgan fingerprint density at radius 2 is 2.00 bits per heavy atom. The van der Waals surface area contributed by atoms with Crippen LogP contribution in [0, 0.1) is 6.92 Å². The highest BCUT2D eigenvalue weighted by molar-refractivity contribution is 5.94. The van der Waals surface area contributed by atoms with Crippen molar-refractivity contribution < 1.29 is 4.79 Å². The fraction of sp³-hybridized carbons (Fsp3) is 0.625. The lowest BCUT2D eigenvalue weighted by Gasteiger charge is -2.49. The first kappa shape index (κ1) is 14.3. The van der Waals surface area contributed by atoms with E-state index < -0.39 is 0 Å². The first-order chi connectivity index (χ1) is 10.1. The lowest BCUT2D eigenvalue weighted by molar-refractivity contribution is 0.0221. The number of piperazine rings is 1. The van der Waals surface area contributed by atoms with E-state index in [9.17, 15) is 9.59 Å². The van der Waals surface area contributed by atoms with Gasteiger partial charge in [0.1, 0.15) is 5.56 Å². The van der Waals surface area contributed by atoms with Gasteiger partial charge in [-0.3, -0.25) is 9.59 Å². The maximum absolute atomic E-state index is 12.9. The quantitative estimate of drug-likeness (QED) is 0.822. The Bertz CT molecular complexity index is 579. The lowest BCUT2D eigenvalue weighted by Crippen LogP contribution is -2.64. The van der Waals surface area contributed by atoms with E-state index >= 15 is 0 Å². The molecule has 0 atom stereocenters. The summed E-state index contributed by atoms with van der Waals surface area (Å²) in [5.41, 5.74) is 0.687. The molecule has 1 saturated carbocycles. The predicted molar refractivity (Wildman–Crippen MR) is 81.5 cm³/mol. The molecule has 5 nitrogen and oxygen atoms in total. The summed E-state index contributed by atoms with van der Waals surface area (Å²) in [6.07, 6.45) is 5.64. The molecule has 0 aromatic carbocycles. The zero-order valence-electron chi connectivity index (χ0n) is 12.6. The molecule has 1 aromatic rings. The van der Waals surface area contributed by atoms with Crippen molar-refractivity contribution in [2.45, 2.75) is 44.6 Å². The van der Waals surface area contributed by atoms with Gasteiger partial charge in [-0.05, 0) is 31.9 Å². The van der Waals surface area contributed by atoms with E-state index in [0.29, 0.717) is 6.54 Å². The van der Waals surface area contributed by atoms with Gasteiger partial charge in [-0.1, -0.05) is 19.3 Å². The van der Waals surface area contributed by atoms with Gasteiger partial charge in [0.2, 0.25) is 0 Å². The molecule has 0 bridgehead atoms. The Hall–Kier alpha value is -1.62. The van der Waals surface area contributed by atoms with Crippen LogP contribution in [0.1, 0.15) is 48.2 Å². The Balaban J connectivity index is 1.92. The maximum Gasteiger partial charge on any atom is 0.260 e. The third-order valence-corrected chi connectivity index (χ3v) is 4.85. The predicted octanol–water partition coefficient (Wildman–Crippen LogP) is 1.43. The van der Waals surface area contributed by atoms with Crippen molar-refractivity contribution in [1.82, 2.24) is 15.2 Å². The monoisotopic (exact) mass is 289 g/mol. The van der Waals surface area contributed by atoms with Crippen LogP contribution in [0.2, 0.25) is 0 Å². The van der Waals surface area contributed by atoms with E-state index in [0.717, 1.165) is 44.5 Å². The number of pyridine rings is 1. The zero-order valence-corrected chi connectivity index (χ0v) is 12.6. The topological polar surface area (TPSA) is 65.2 Å². The van der Waals surface area contributed by atoms with Crippen LogP contribution in [0.15, 0.2) is 16.9 Å². The Labute approximate surface area is 124 Å². The minimum atomic E-state index is -0.274. The maximum atomic E-state index is 12.9. The van der Waals surface area contributed by atoms with Gasteiger partial charge in [-0.25, -0.2) is 0 Å². The number of hydrogen-bond donors (Lipinski definition) is 2. The average molecular weight is 289 g/mol. The van der Waals surface area contributed by atoms with Gasteiger partial charge < -0.3 is 15.2 Å². The third kappa shape index (κ3) is 2.62. The largest absolute Gasteiger partial charge is 0.330 e. The first-order valence-electron chi connectivity index (χ1n) is 7.85. The fourth-order valence-corrected chi connectivity index (χ4v) is 3.70. The number of carbonyl (C=O) groups is 1. The Kier molecular flexibility index (Phi) is 3.85. The van der Waals surface area contributed by atoms with Gasteiger partial charge in [0.05, 0.1) is 5.54 Å². The summed E-state index contributed by atoms with van der Waals surface area (Å²) in [6, 6.07) is 3.46. The number of rotatable bonds is 1. The minimum absolute atomic E-state index is 0.0924. The first-order valence-corrected chi connectivity index (χ1v) is 7.85. The van der Waals surface area contributed by atoms with Crippen LogP contribution in [0.4, 0.5) is 0 Å². The number of aromatic amines is 1. The summed E-state index contributed by atoms with van der Waals surface area (Å²) >= 11 is 0. The summed E-state index contributed by atoms with van der Waals surface area (Å²) in [5.74, 6) is -0.111. The second-order valence-corrected chi connectivity index (χ2v) is 6.30. The zero-order chi connectivity index (χ0) is 14.9. The van der Waals surface area contributed by atoms with Crippen molar-refractivity contribution >= 4 is 5.91 Å². The molecule has 1 aromatic heterocycles. The molecule has 2 aliphatic rings. The molecule has 1 amide bonds. The number of aromatic nitrogens is 1. The summed E-state index contributed by atoms with van der Waals surface area (Å²) in [6.45, 7) is 4.16. The van der Waals surface area contributed by atoms with Crippen LogP contribution in [-0.2, 0) is 0 Å². The molecule has 114 valence electrons. The number of hydrogen-bond acceptors (Lipinski definition) is 3. The molecule has 1 aliphatic carbocycles. The summed E-state index contributed by atoms with van der Waals surface area (Å²) in [4.78, 5) is 29.7. The molecule has 2 heterocycles. The van der Waals surface area contributed by atoms with Crippen molar-refractivity contribution in [3.8, 4) is 0 Å². The Morgan fingerprint density at radius 1 is 1.24 bits per heavy atom. The van der Waals surface area contributed by atoms with Gasteiger partial charge in [-0.15, -0.1) is 0 Å². The molecule has 3 rings (SSSR count). The Morgan fingerprint density at radius 3 is 2.71 bits per heavy atom. The van der Waals surface area contributed by atoms with E-state index in [1.54, 1.807) is 12.1 Å². The number of nitrogens with one attached hydrogen (secondary N) is 2. The molecule has 1 spiro atoms. The molecule has 0 unspecified atom stereocenters. The van der Waals surface area contributed by atoms with Crippen molar-refractivity contribution in [1.29, 1.82) is 0 Å². The lowest BCUT2D eigenvalue weighted by atomic mass is 9.78. The minimum Gasteiger partial charge on any atom is -0.330 e. The van der Waals surface area contributed by atoms with E-state index in [1.165, 1.54) is 6.42 Å². The second kappa shape index (κ2) is 5.64. The average Bonchev–Trinajstić information content (AvgIpc) is 2.48. The van der Waals surface area contributed by atoms with Gasteiger partial charge in [0.15, 0.2) is 0 Å². The fourth-order valence-electron chi connectivity index (χ4n) is 3.70. The molecule has 0 radical (unpaired) electrons. The van der Waals surface area contributed by atoms with Crippen LogP contribution in [-0.4, -0.2) is 41.0 Å². The molecule has 21 heavy (non-hydrogen) atoms. The standard InChI is InChI=1S/C16H23N3O2/c1-12-5-6-13(14(20)18-12)15(21)19-10-9-17-11-16(19)7-3-2-4-8-16/h5-6,17H,2-4,7-11H2,1H3,(H,18,20). The van der Waals surface area contributed by atoms with Crippen molar-refractivity contribution in [2.24, 2.45) is 0 Å². The summed E-state index contributed by atoms with van der Waals surface area (Å²) in [7, 11) is 0. The number of aryl methyl sites for hydroxylation is 1. The molecule has 5 heteroatoms. The van der Waals surface area contributed by atoms with Crippen LogP contribution in [0.5, 0.6) is 0 Å². The van der Waals surface area contributed by atoms with Crippen LogP contribution in [0.25, 0.3) is 0 Å². The number of nitrogens with zero attached hydrogens (tertiary/aromatic N) is 1. The van der Waals surface area contributed by atoms with Crippen LogP contribution < -0.4 is 10.9 Å². The van der Waals surface area contributed by atoms with Crippen molar-refractivity contribution in [3.05, 3.63) is 33.7 Å². The number of carbonyl (C=O) groups excluding carboxylic acids is 1. The molecule has 2 fully saturated rings. The van der Waals surface area contributed by atoms with E-state index in [2.05, 4.69) is 10.3 Å². The molecule has 1 aliphatic heterocycles. The van der Waals surface area contributed by atoms with Crippen LogP contribution >= 0.6 is 0 Å². The van der Waals surface area contributed by atoms with Gasteiger partial charge in [0, 0.05) is 25.3 Å². The number of H-pyrrole nitrogens is 1. The SMILES string of the molecule is Cc1ccc(C(=O)N2CCNCC23CCCCC3)c(=O)[nH]1. The normalized spacial score (nSPS) is 21.5. The summed E-state index contributed by atoms with van der Waals surface area (Å²) in [5, 5.41) is 3.43. The highest BCUT2D eigenvalue weighted by Gasteiger charge is 2.42. The van der Waals surface area contributed by atoms with E-state index in [1.807, 2.05) is 11.8 Å². The molecule has 1 saturated heterocycles. The highest BCUT2D eigenvalue weighted by atomic mass is 16.2. The van der Waals surface area contributed by atoms with Crippen molar-refractivity contribution in [3.63, 3.8) is 0 Å². The highest BCUT2D eigenvalue weighted by Crippen LogP contribution is 2.35. The van der Waals surface area contributed by atoms with Gasteiger partial charge in [0.25, 0.3) is 11.5 Å². The van der Waals surface area contributed by atoms with Crippen LogP contribution in [0.3, 0.4) is 0 Å². The smallest absolute Gasteiger partial charge is 0.260 e. The van der Waals surface area contributed by atoms with Crippen molar-refractivity contribution in [2.75, 3.05) is 19.6 Å². The summed E-state index contributed by atoms with van der Waals surface area (Å²) < 4.78 is 0. The van der Waals surface area contributed by atoms with Gasteiger partial charge in [-0.2, -0.15) is 0 Å².